The van der Waals surface area contributed by atoms with Gasteiger partial charge in [0.05, 0.1) is 11.9 Å². The second kappa shape index (κ2) is 8.76. The van der Waals surface area contributed by atoms with Crippen LogP contribution in [0.2, 0.25) is 0 Å². The molecule has 0 saturated carbocycles. The van der Waals surface area contributed by atoms with E-state index in [0.29, 0.717) is 25.2 Å². The third-order valence-corrected chi connectivity index (χ3v) is 3.95. The first kappa shape index (κ1) is 17.6. The van der Waals surface area contributed by atoms with Crippen LogP contribution in [0.3, 0.4) is 0 Å². The number of carbonyl (C=O) groups is 1. The highest BCUT2D eigenvalue weighted by atomic mass is 19.1. The average molecular weight is 349 g/mol. The molecule has 1 amide bonds. The van der Waals surface area contributed by atoms with Crippen LogP contribution in [-0.2, 0) is 13.0 Å². The Labute approximate surface area is 152 Å². The van der Waals surface area contributed by atoms with Gasteiger partial charge in [-0.05, 0) is 41.8 Å². The lowest BCUT2D eigenvalue weighted by atomic mass is 10.1. The molecule has 0 aliphatic carbocycles. The van der Waals surface area contributed by atoms with Gasteiger partial charge in [0.2, 0.25) is 0 Å². The van der Waals surface area contributed by atoms with E-state index < -0.39 is 0 Å². The zero-order valence-corrected chi connectivity index (χ0v) is 14.3. The average Bonchev–Trinajstić information content (AvgIpc) is 2.69. The number of hydrogen-bond donors (Lipinski definition) is 2. The predicted octanol–water partition coefficient (Wildman–Crippen LogP) is 3.81. The minimum atomic E-state index is -0.261. The van der Waals surface area contributed by atoms with Crippen molar-refractivity contribution in [1.29, 1.82) is 0 Å². The lowest BCUT2D eigenvalue weighted by Gasteiger charge is -2.08. The molecule has 5 heteroatoms. The van der Waals surface area contributed by atoms with Gasteiger partial charge in [0.15, 0.2) is 0 Å². The third-order valence-electron chi connectivity index (χ3n) is 3.95. The van der Waals surface area contributed by atoms with Gasteiger partial charge in [-0.25, -0.2) is 9.37 Å². The highest BCUT2D eigenvalue weighted by Crippen LogP contribution is 2.09. The molecule has 0 radical (unpaired) electrons. The van der Waals surface area contributed by atoms with Gasteiger partial charge in [0.1, 0.15) is 11.5 Å². The summed E-state index contributed by atoms with van der Waals surface area (Å²) >= 11 is 0. The summed E-state index contributed by atoms with van der Waals surface area (Å²) in [7, 11) is 0. The Balaban J connectivity index is 1.46. The fourth-order valence-electron chi connectivity index (χ4n) is 2.49. The monoisotopic (exact) mass is 349 g/mol. The number of halogens is 1. The van der Waals surface area contributed by atoms with E-state index in [0.717, 1.165) is 11.3 Å². The topological polar surface area (TPSA) is 54.0 Å². The van der Waals surface area contributed by atoms with E-state index in [9.17, 15) is 9.18 Å². The van der Waals surface area contributed by atoms with Gasteiger partial charge in [-0.1, -0.05) is 42.5 Å². The van der Waals surface area contributed by atoms with Gasteiger partial charge >= 0.3 is 0 Å². The van der Waals surface area contributed by atoms with Crippen LogP contribution in [-0.4, -0.2) is 17.4 Å². The van der Waals surface area contributed by atoms with Gasteiger partial charge in [-0.2, -0.15) is 0 Å². The molecule has 1 heterocycles. The summed E-state index contributed by atoms with van der Waals surface area (Å²) in [6.45, 7) is 1.17. The van der Waals surface area contributed by atoms with E-state index in [1.807, 2.05) is 36.4 Å². The molecule has 0 bridgehead atoms. The third kappa shape index (κ3) is 5.14. The van der Waals surface area contributed by atoms with Gasteiger partial charge in [0, 0.05) is 13.1 Å². The maximum absolute atomic E-state index is 12.9. The lowest BCUT2D eigenvalue weighted by molar-refractivity contribution is 0.0949. The van der Waals surface area contributed by atoms with Crippen LogP contribution < -0.4 is 10.6 Å². The van der Waals surface area contributed by atoms with Crippen molar-refractivity contribution >= 4 is 11.6 Å². The van der Waals surface area contributed by atoms with Crippen molar-refractivity contribution in [3.63, 3.8) is 0 Å². The van der Waals surface area contributed by atoms with E-state index in [-0.39, 0.29) is 11.7 Å². The number of pyridine rings is 1. The van der Waals surface area contributed by atoms with Crippen molar-refractivity contribution in [1.82, 2.24) is 10.3 Å². The summed E-state index contributed by atoms with van der Waals surface area (Å²) in [6, 6.07) is 19.9. The molecular formula is C21H20FN3O. The Bertz CT molecular complexity index is 833. The van der Waals surface area contributed by atoms with Gasteiger partial charge in [-0.15, -0.1) is 0 Å². The summed E-state index contributed by atoms with van der Waals surface area (Å²) in [6.07, 6.45) is 2.29. The molecule has 0 aliphatic heterocycles. The van der Waals surface area contributed by atoms with E-state index in [1.54, 1.807) is 24.4 Å². The number of benzene rings is 2. The molecule has 0 spiro atoms. The second-order valence-corrected chi connectivity index (χ2v) is 5.90. The quantitative estimate of drug-likeness (QED) is 0.682. The molecule has 132 valence electrons. The Kier molecular flexibility index (Phi) is 5.93. The van der Waals surface area contributed by atoms with Crippen LogP contribution in [0, 0.1) is 5.82 Å². The molecule has 0 fully saturated rings. The summed E-state index contributed by atoms with van der Waals surface area (Å²) in [4.78, 5) is 16.3. The number of anilines is 1. The molecule has 3 rings (SSSR count). The minimum Gasteiger partial charge on any atom is -0.380 e. The fourth-order valence-corrected chi connectivity index (χ4v) is 2.49. The molecular weight excluding hydrogens is 329 g/mol. The van der Waals surface area contributed by atoms with E-state index in [4.69, 9.17) is 0 Å². The van der Waals surface area contributed by atoms with Crippen molar-refractivity contribution in [3.05, 3.63) is 95.6 Å². The summed E-state index contributed by atoms with van der Waals surface area (Å²) < 4.78 is 12.9. The first-order valence-electron chi connectivity index (χ1n) is 8.47. The van der Waals surface area contributed by atoms with Gasteiger partial charge < -0.3 is 10.6 Å². The van der Waals surface area contributed by atoms with Crippen LogP contribution >= 0.6 is 0 Å². The van der Waals surface area contributed by atoms with Crippen LogP contribution in [0.4, 0.5) is 10.1 Å². The second-order valence-electron chi connectivity index (χ2n) is 5.90. The van der Waals surface area contributed by atoms with E-state index in [2.05, 4.69) is 15.6 Å². The van der Waals surface area contributed by atoms with Crippen molar-refractivity contribution in [2.24, 2.45) is 0 Å². The van der Waals surface area contributed by atoms with Crippen molar-refractivity contribution in [2.75, 3.05) is 11.9 Å². The number of hydrogen-bond acceptors (Lipinski definition) is 3. The smallest absolute Gasteiger partial charge is 0.269 e. The molecule has 2 aromatic carbocycles. The van der Waals surface area contributed by atoms with Crippen LogP contribution in [0.25, 0.3) is 0 Å². The molecule has 26 heavy (non-hydrogen) atoms. The maximum Gasteiger partial charge on any atom is 0.269 e. The number of carbonyl (C=O) groups excluding carboxylic acids is 1. The number of rotatable bonds is 7. The zero-order valence-electron chi connectivity index (χ0n) is 14.3. The lowest BCUT2D eigenvalue weighted by Crippen LogP contribution is -2.26. The molecule has 2 N–H and O–H groups in total. The molecule has 3 aromatic rings. The number of nitrogens with zero attached hydrogens (tertiary/aromatic N) is 1. The predicted molar refractivity (Wildman–Crippen MR) is 100 cm³/mol. The number of nitrogens with one attached hydrogen (secondary N) is 2. The zero-order chi connectivity index (χ0) is 18.2. The molecule has 4 nitrogen and oxygen atoms in total. The molecule has 0 saturated heterocycles. The number of aromatic nitrogens is 1. The van der Waals surface area contributed by atoms with Crippen molar-refractivity contribution < 1.29 is 9.18 Å². The normalized spacial score (nSPS) is 10.3. The Morgan fingerprint density at radius 3 is 2.38 bits per heavy atom. The van der Waals surface area contributed by atoms with Crippen LogP contribution in [0.5, 0.6) is 0 Å². The molecule has 0 atom stereocenters. The highest BCUT2D eigenvalue weighted by molar-refractivity contribution is 5.92. The Morgan fingerprint density at radius 2 is 1.69 bits per heavy atom. The SMILES string of the molecule is O=C(NCCc1ccc(F)cc1)c1ccc(NCc2ccccc2)cn1. The van der Waals surface area contributed by atoms with Crippen molar-refractivity contribution in [2.45, 2.75) is 13.0 Å². The van der Waals surface area contributed by atoms with Crippen molar-refractivity contribution in [3.8, 4) is 0 Å². The van der Waals surface area contributed by atoms with Crippen LogP contribution in [0.15, 0.2) is 72.9 Å². The fraction of sp³-hybridized carbons (Fsp3) is 0.143. The molecule has 0 aliphatic rings. The first-order valence-corrected chi connectivity index (χ1v) is 8.47. The summed E-state index contributed by atoms with van der Waals surface area (Å²) in [5.41, 5.74) is 3.38. The maximum atomic E-state index is 12.9. The van der Waals surface area contributed by atoms with E-state index in [1.165, 1.54) is 17.7 Å². The molecule has 1 aromatic heterocycles. The Hall–Kier alpha value is -3.21. The van der Waals surface area contributed by atoms with Crippen LogP contribution in [0.1, 0.15) is 21.6 Å². The standard InChI is InChI=1S/C21H20FN3O/c22-18-8-6-16(7-9-18)12-13-23-21(26)20-11-10-19(15-25-20)24-14-17-4-2-1-3-5-17/h1-11,15,24H,12-14H2,(H,23,26). The summed E-state index contributed by atoms with van der Waals surface area (Å²) in [5.74, 6) is -0.482. The Morgan fingerprint density at radius 1 is 0.923 bits per heavy atom. The summed E-state index contributed by atoms with van der Waals surface area (Å²) in [5, 5.41) is 6.10. The largest absolute Gasteiger partial charge is 0.380 e. The number of amides is 1. The minimum absolute atomic E-state index is 0.221. The molecule has 0 unspecified atom stereocenters. The van der Waals surface area contributed by atoms with Gasteiger partial charge in [-0.3, -0.25) is 4.79 Å². The van der Waals surface area contributed by atoms with E-state index >= 15 is 0 Å². The van der Waals surface area contributed by atoms with Gasteiger partial charge in [0.25, 0.3) is 5.91 Å². The first-order chi connectivity index (χ1) is 12.7. The highest BCUT2D eigenvalue weighted by Gasteiger charge is 2.06.